The van der Waals surface area contributed by atoms with Crippen molar-refractivity contribution in [2.45, 2.75) is 12.5 Å². The molecule has 0 saturated carbocycles. The van der Waals surface area contributed by atoms with Gasteiger partial charge < -0.3 is 9.80 Å². The van der Waals surface area contributed by atoms with Gasteiger partial charge in [-0.3, -0.25) is 4.98 Å². The molecule has 1 aliphatic rings. The predicted octanol–water partition coefficient (Wildman–Crippen LogP) is 4.62. The van der Waals surface area contributed by atoms with Gasteiger partial charge >= 0.3 is 0 Å². The number of nitrogens with one attached hydrogen (secondary N) is 1. The second-order valence-corrected chi connectivity index (χ2v) is 8.53. The highest BCUT2D eigenvalue weighted by Gasteiger charge is 2.24. The van der Waals surface area contributed by atoms with Gasteiger partial charge in [-0.15, -0.1) is 0 Å². The maximum absolute atomic E-state index is 14.4. The molecule has 4 aromatic rings. The Morgan fingerprint density at radius 3 is 2.74 bits per heavy atom. The van der Waals surface area contributed by atoms with E-state index in [9.17, 15) is 4.39 Å². The summed E-state index contributed by atoms with van der Waals surface area (Å²) in [6.45, 7) is 2.00. The number of likely N-dealkylation sites (N-methyl/N-ethyl adjacent to an activating group) is 1. The van der Waals surface area contributed by atoms with E-state index in [1.165, 1.54) is 12.1 Å². The highest BCUT2D eigenvalue weighted by molar-refractivity contribution is 6.30. The number of anilines is 1. The molecule has 0 bridgehead atoms. The largest absolute Gasteiger partial charge is 0.369 e. The summed E-state index contributed by atoms with van der Waals surface area (Å²) in [6, 6.07) is 13.0. The van der Waals surface area contributed by atoms with Crippen LogP contribution in [0.1, 0.15) is 6.42 Å². The van der Waals surface area contributed by atoms with Gasteiger partial charge in [-0.1, -0.05) is 17.7 Å². The summed E-state index contributed by atoms with van der Waals surface area (Å²) in [5.41, 5.74) is 4.15. The number of aromatic amines is 1. The van der Waals surface area contributed by atoms with Gasteiger partial charge in [0.05, 0.1) is 17.4 Å². The van der Waals surface area contributed by atoms with Crippen molar-refractivity contribution in [1.82, 2.24) is 25.3 Å². The molecular weight excluding hydrogens is 415 g/mol. The number of benzene rings is 2. The van der Waals surface area contributed by atoms with E-state index >= 15 is 0 Å². The Morgan fingerprint density at radius 1 is 1.10 bits per heavy atom. The van der Waals surface area contributed by atoms with Gasteiger partial charge in [-0.05, 0) is 56.9 Å². The van der Waals surface area contributed by atoms with E-state index in [0.29, 0.717) is 28.0 Å². The highest BCUT2D eigenvalue weighted by atomic mass is 35.5. The zero-order valence-electron chi connectivity index (χ0n) is 17.3. The van der Waals surface area contributed by atoms with E-state index < -0.39 is 5.82 Å². The number of H-pyrrole nitrogens is 1. The van der Waals surface area contributed by atoms with Crippen molar-refractivity contribution in [2.24, 2.45) is 0 Å². The van der Waals surface area contributed by atoms with E-state index in [4.69, 9.17) is 11.6 Å². The molecule has 1 saturated heterocycles. The van der Waals surface area contributed by atoms with Crippen LogP contribution in [0.3, 0.4) is 0 Å². The summed E-state index contributed by atoms with van der Waals surface area (Å²) in [4.78, 5) is 9.29. The van der Waals surface area contributed by atoms with Crippen molar-refractivity contribution in [2.75, 3.05) is 32.1 Å². The molecule has 2 aromatic carbocycles. The SMILES string of the molecule is CN(C)C1CCN(c2cnc3ccc(-c4n[nH]nc4-c4cc(Cl)ccc4F)cc3c2)C1. The Labute approximate surface area is 184 Å². The van der Waals surface area contributed by atoms with Crippen LogP contribution in [0.5, 0.6) is 0 Å². The van der Waals surface area contributed by atoms with Crippen LogP contribution in [0.4, 0.5) is 10.1 Å². The summed E-state index contributed by atoms with van der Waals surface area (Å²) in [5, 5.41) is 12.5. The number of aromatic nitrogens is 4. The lowest BCUT2D eigenvalue weighted by Gasteiger charge is -2.21. The minimum absolute atomic E-state index is 0.315. The van der Waals surface area contributed by atoms with Crippen molar-refractivity contribution < 1.29 is 4.39 Å². The standard InChI is InChI=1S/C23H22ClFN6/c1-30(2)17-7-8-31(13-17)18-10-15-9-14(3-6-21(15)26-12-18)22-23(28-29-27-22)19-11-16(24)4-5-20(19)25/h3-6,9-12,17H,7-8,13H2,1-2H3,(H,27,28,29). The van der Waals surface area contributed by atoms with Crippen LogP contribution in [0.25, 0.3) is 33.4 Å². The van der Waals surface area contributed by atoms with Gasteiger partial charge in [0.2, 0.25) is 0 Å². The molecule has 31 heavy (non-hydrogen) atoms. The molecule has 158 valence electrons. The second-order valence-electron chi connectivity index (χ2n) is 8.10. The van der Waals surface area contributed by atoms with Gasteiger partial charge in [0.1, 0.15) is 17.2 Å². The third-order valence-electron chi connectivity index (χ3n) is 5.93. The fourth-order valence-electron chi connectivity index (χ4n) is 4.14. The Morgan fingerprint density at radius 2 is 1.94 bits per heavy atom. The van der Waals surface area contributed by atoms with Crippen LogP contribution in [0.15, 0.2) is 48.7 Å². The summed E-state index contributed by atoms with van der Waals surface area (Å²) in [7, 11) is 4.24. The number of pyridine rings is 1. The summed E-state index contributed by atoms with van der Waals surface area (Å²) < 4.78 is 14.4. The highest BCUT2D eigenvalue weighted by Crippen LogP contribution is 2.33. The number of hydrogen-bond acceptors (Lipinski definition) is 5. The number of fused-ring (bicyclic) bond motifs is 1. The molecular formula is C23H22ClFN6. The van der Waals surface area contributed by atoms with Crippen LogP contribution in [-0.4, -0.2) is 58.5 Å². The smallest absolute Gasteiger partial charge is 0.132 e. The van der Waals surface area contributed by atoms with Crippen molar-refractivity contribution in [3.05, 3.63) is 59.5 Å². The molecule has 1 fully saturated rings. The summed E-state index contributed by atoms with van der Waals surface area (Å²) >= 11 is 6.08. The molecule has 1 atom stereocenters. The zero-order valence-corrected chi connectivity index (χ0v) is 18.1. The quantitative estimate of drug-likeness (QED) is 0.505. The first kappa shape index (κ1) is 19.9. The Balaban J connectivity index is 1.53. The molecule has 6 nitrogen and oxygen atoms in total. The van der Waals surface area contributed by atoms with Crippen LogP contribution in [0, 0.1) is 5.82 Å². The fourth-order valence-corrected chi connectivity index (χ4v) is 4.31. The Kier molecular flexibility index (Phi) is 5.08. The lowest BCUT2D eigenvalue weighted by Crippen LogP contribution is -2.31. The van der Waals surface area contributed by atoms with E-state index in [2.05, 4.69) is 50.4 Å². The number of halogens is 2. The third-order valence-corrected chi connectivity index (χ3v) is 6.17. The van der Waals surface area contributed by atoms with E-state index in [1.54, 1.807) is 6.07 Å². The van der Waals surface area contributed by atoms with Crippen LogP contribution in [-0.2, 0) is 0 Å². The summed E-state index contributed by atoms with van der Waals surface area (Å²) in [6.07, 6.45) is 3.07. The number of nitrogens with zero attached hydrogens (tertiary/aromatic N) is 5. The van der Waals surface area contributed by atoms with Crippen LogP contribution in [0.2, 0.25) is 5.02 Å². The molecule has 0 aliphatic carbocycles. The molecule has 1 unspecified atom stereocenters. The second kappa shape index (κ2) is 7.90. The average molecular weight is 437 g/mol. The first-order valence-electron chi connectivity index (χ1n) is 10.2. The molecule has 8 heteroatoms. The fraction of sp³-hybridized carbons (Fsp3) is 0.261. The maximum atomic E-state index is 14.4. The van der Waals surface area contributed by atoms with E-state index in [0.717, 1.165) is 41.7 Å². The number of hydrogen-bond donors (Lipinski definition) is 1. The average Bonchev–Trinajstić information content (AvgIpc) is 3.45. The van der Waals surface area contributed by atoms with Crippen LogP contribution < -0.4 is 4.90 Å². The third kappa shape index (κ3) is 3.75. The summed E-state index contributed by atoms with van der Waals surface area (Å²) in [5.74, 6) is -0.395. The van der Waals surface area contributed by atoms with Crippen molar-refractivity contribution >= 4 is 28.2 Å². The Hall–Kier alpha value is -3.03. The molecule has 1 aliphatic heterocycles. The molecule has 0 amide bonds. The first-order chi connectivity index (χ1) is 15.0. The predicted molar refractivity (Wildman–Crippen MR) is 122 cm³/mol. The van der Waals surface area contributed by atoms with Gasteiger partial charge in [-0.2, -0.15) is 15.4 Å². The van der Waals surface area contributed by atoms with Crippen molar-refractivity contribution in [1.29, 1.82) is 0 Å². The normalized spacial score (nSPS) is 16.5. The monoisotopic (exact) mass is 436 g/mol. The zero-order chi connectivity index (χ0) is 21.5. The van der Waals surface area contributed by atoms with Gasteiger partial charge in [0, 0.05) is 40.7 Å². The van der Waals surface area contributed by atoms with Gasteiger partial charge in [0.25, 0.3) is 0 Å². The minimum atomic E-state index is -0.395. The lowest BCUT2D eigenvalue weighted by molar-refractivity contribution is 0.315. The van der Waals surface area contributed by atoms with Crippen molar-refractivity contribution in [3.63, 3.8) is 0 Å². The number of rotatable bonds is 4. The minimum Gasteiger partial charge on any atom is -0.369 e. The molecule has 0 radical (unpaired) electrons. The Bertz CT molecular complexity index is 1250. The molecule has 1 N–H and O–H groups in total. The first-order valence-corrected chi connectivity index (χ1v) is 10.5. The molecule has 3 heterocycles. The van der Waals surface area contributed by atoms with Crippen LogP contribution >= 0.6 is 11.6 Å². The van der Waals surface area contributed by atoms with E-state index in [-0.39, 0.29) is 0 Å². The molecule has 2 aromatic heterocycles. The van der Waals surface area contributed by atoms with Gasteiger partial charge in [0.15, 0.2) is 0 Å². The topological polar surface area (TPSA) is 60.9 Å². The van der Waals surface area contributed by atoms with E-state index in [1.807, 2.05) is 24.4 Å². The van der Waals surface area contributed by atoms with Gasteiger partial charge in [-0.25, -0.2) is 4.39 Å². The lowest BCUT2D eigenvalue weighted by atomic mass is 10.0. The van der Waals surface area contributed by atoms with Crippen molar-refractivity contribution in [3.8, 4) is 22.5 Å². The molecule has 0 spiro atoms. The maximum Gasteiger partial charge on any atom is 0.132 e. The molecule has 5 rings (SSSR count).